The minimum absolute atomic E-state index is 0. The van der Waals surface area contributed by atoms with Gasteiger partial charge in [-0.25, -0.2) is 0 Å². The van der Waals surface area contributed by atoms with E-state index in [0.717, 1.165) is 23.1 Å². The zero-order valence-corrected chi connectivity index (χ0v) is 14.6. The van der Waals surface area contributed by atoms with E-state index in [9.17, 15) is 12.9 Å². The molecule has 0 amide bonds. The summed E-state index contributed by atoms with van der Waals surface area (Å²) in [5, 5.41) is 1.28. The van der Waals surface area contributed by atoms with Gasteiger partial charge < -0.3 is 17.7 Å². The van der Waals surface area contributed by atoms with Crippen LogP contribution in [0, 0.1) is 0 Å². The van der Waals surface area contributed by atoms with Crippen molar-refractivity contribution in [2.24, 2.45) is 0 Å². The van der Waals surface area contributed by atoms with Crippen LogP contribution in [-0.2, 0) is 0 Å². The van der Waals surface area contributed by atoms with Gasteiger partial charge in [-0.1, -0.05) is 30.8 Å². The Labute approximate surface area is 158 Å². The van der Waals surface area contributed by atoms with Crippen LogP contribution in [-0.4, -0.2) is 13.6 Å². The van der Waals surface area contributed by atoms with Gasteiger partial charge in [0.15, 0.2) is 0 Å². The summed E-state index contributed by atoms with van der Waals surface area (Å²) >= 11 is 0. The molecule has 0 atom stereocenters. The first kappa shape index (κ1) is 17.8. The molecule has 2 aromatic rings. The Bertz CT molecular complexity index is 625. The summed E-state index contributed by atoms with van der Waals surface area (Å²) in [5.41, 5.74) is 0.304. The topological polar surface area (TPSA) is 9.23 Å². The van der Waals surface area contributed by atoms with E-state index in [2.05, 4.69) is 6.58 Å². The Balaban J connectivity index is 0.00000200. The van der Waals surface area contributed by atoms with Crippen LogP contribution in [0.1, 0.15) is 6.92 Å². The largest absolute Gasteiger partial charge is 1.00 e. The predicted octanol–water partition coefficient (Wildman–Crippen LogP) is 0.853. The van der Waals surface area contributed by atoms with Crippen molar-refractivity contribution in [3.63, 3.8) is 0 Å². The van der Waals surface area contributed by atoms with E-state index < -0.39 is 12.4 Å². The van der Waals surface area contributed by atoms with Crippen molar-refractivity contribution in [2.45, 2.75) is 6.92 Å². The van der Waals surface area contributed by atoms with E-state index >= 15 is 0 Å². The number of hydrogen-bond donors (Lipinski definition) is 0. The number of benzene rings is 2. The van der Waals surface area contributed by atoms with Gasteiger partial charge in [-0.05, 0) is 35.4 Å². The van der Waals surface area contributed by atoms with Gasteiger partial charge in [-0.15, -0.1) is 5.46 Å². The molecule has 0 aliphatic rings. The molecule has 0 unspecified atom stereocenters. The number of ether oxygens (including phenoxy) is 1. The average Bonchev–Trinajstić information content (AvgIpc) is 2.34. The fraction of sp³-hybridized carbons (Fsp3) is 0.143. The van der Waals surface area contributed by atoms with Crippen molar-refractivity contribution in [1.29, 1.82) is 0 Å². The van der Waals surface area contributed by atoms with Crippen molar-refractivity contribution < 1.29 is 69.1 Å². The number of fused-ring (bicyclic) bond motifs is 1. The maximum Gasteiger partial charge on any atom is 1.00 e. The van der Waals surface area contributed by atoms with Gasteiger partial charge in [0.25, 0.3) is 0 Å². The van der Waals surface area contributed by atoms with Crippen LogP contribution in [0.3, 0.4) is 0 Å². The quantitative estimate of drug-likeness (QED) is 0.601. The Hall–Kier alpha value is -0.269. The van der Waals surface area contributed by atoms with Gasteiger partial charge in [0, 0.05) is 0 Å². The SMILES string of the molecule is C=C(C)COc1ccc2cc([B-](F)(F)F)ccc2c1.[K+]. The van der Waals surface area contributed by atoms with Crippen molar-refractivity contribution in [3.8, 4) is 5.75 Å². The van der Waals surface area contributed by atoms with Crippen LogP contribution in [0.2, 0.25) is 0 Å². The first-order valence-electron chi connectivity index (χ1n) is 5.87. The molecule has 0 spiro atoms. The molecule has 2 rings (SSSR count). The summed E-state index contributed by atoms with van der Waals surface area (Å²) in [4.78, 5) is 0. The molecule has 6 heteroatoms. The second-order valence-corrected chi connectivity index (χ2v) is 4.59. The van der Waals surface area contributed by atoms with E-state index in [0.29, 0.717) is 17.7 Å². The average molecular weight is 304 g/mol. The monoisotopic (exact) mass is 304 g/mol. The van der Waals surface area contributed by atoms with E-state index in [1.807, 2.05) is 6.92 Å². The molecule has 0 saturated heterocycles. The smallest absolute Gasteiger partial charge is 0.489 e. The Kier molecular flexibility index (Phi) is 6.34. The van der Waals surface area contributed by atoms with Crippen LogP contribution in [0.25, 0.3) is 10.8 Å². The molecule has 0 aromatic heterocycles. The minimum atomic E-state index is -4.96. The summed E-state index contributed by atoms with van der Waals surface area (Å²) in [7, 11) is 0. The van der Waals surface area contributed by atoms with Crippen LogP contribution >= 0.6 is 0 Å². The molecule has 0 fully saturated rings. The molecular weight excluding hydrogens is 291 g/mol. The van der Waals surface area contributed by atoms with Crippen LogP contribution in [0.5, 0.6) is 5.75 Å². The minimum Gasteiger partial charge on any atom is -0.489 e. The predicted molar refractivity (Wildman–Crippen MR) is 73.0 cm³/mol. The molecule has 0 radical (unpaired) electrons. The summed E-state index contributed by atoms with van der Waals surface area (Å²) in [6.45, 7) is 1.01. The van der Waals surface area contributed by atoms with Crippen LogP contribution in [0.15, 0.2) is 48.6 Å². The standard InChI is InChI=1S/C14H13BF3O.K/c1-10(2)9-19-14-6-4-11-7-13(15(16,17)18)5-3-12(11)8-14;/h3-8H,1,9H2,2H3;/q-1;+1. The molecule has 20 heavy (non-hydrogen) atoms. The number of halogens is 3. The fourth-order valence-electron chi connectivity index (χ4n) is 1.74. The summed E-state index contributed by atoms with van der Waals surface area (Å²) < 4.78 is 43.4. The van der Waals surface area contributed by atoms with Gasteiger partial charge in [-0.2, -0.15) is 0 Å². The van der Waals surface area contributed by atoms with Crippen molar-refractivity contribution in [2.75, 3.05) is 6.61 Å². The first-order chi connectivity index (χ1) is 8.86. The third-order valence-corrected chi connectivity index (χ3v) is 2.70. The summed E-state index contributed by atoms with van der Waals surface area (Å²) in [6, 6.07) is 8.76. The molecule has 0 saturated carbocycles. The van der Waals surface area contributed by atoms with Gasteiger partial charge >= 0.3 is 58.4 Å². The third-order valence-electron chi connectivity index (χ3n) is 2.70. The van der Waals surface area contributed by atoms with E-state index in [4.69, 9.17) is 4.74 Å². The Morgan fingerprint density at radius 2 is 1.70 bits per heavy atom. The van der Waals surface area contributed by atoms with Gasteiger partial charge in [0.2, 0.25) is 0 Å². The normalized spacial score (nSPS) is 11.0. The van der Waals surface area contributed by atoms with Crippen LogP contribution in [0.4, 0.5) is 12.9 Å². The zero-order chi connectivity index (χ0) is 14.0. The summed E-state index contributed by atoms with van der Waals surface area (Å²) in [5.74, 6) is 0.626. The van der Waals surface area contributed by atoms with Crippen molar-refractivity contribution >= 4 is 23.2 Å². The molecule has 1 nitrogen and oxygen atoms in total. The molecular formula is C14H13BF3KO. The Morgan fingerprint density at radius 3 is 2.30 bits per heavy atom. The van der Waals surface area contributed by atoms with Crippen molar-refractivity contribution in [1.82, 2.24) is 0 Å². The fourth-order valence-corrected chi connectivity index (χ4v) is 1.74. The second-order valence-electron chi connectivity index (χ2n) is 4.59. The molecule has 0 heterocycles. The Morgan fingerprint density at radius 1 is 1.10 bits per heavy atom. The first-order valence-corrected chi connectivity index (χ1v) is 5.87. The van der Waals surface area contributed by atoms with E-state index in [1.54, 1.807) is 18.2 Å². The third kappa shape index (κ3) is 4.63. The molecule has 100 valence electrons. The summed E-state index contributed by atoms with van der Waals surface area (Å²) in [6.07, 6.45) is 0. The van der Waals surface area contributed by atoms with Gasteiger partial charge in [0.05, 0.1) is 0 Å². The number of hydrogen-bond acceptors (Lipinski definition) is 1. The van der Waals surface area contributed by atoms with Crippen LogP contribution < -0.4 is 61.6 Å². The maximum atomic E-state index is 12.6. The molecule has 0 aliphatic heterocycles. The van der Waals surface area contributed by atoms with Gasteiger partial charge in [-0.3, -0.25) is 0 Å². The molecule has 0 bridgehead atoms. The van der Waals surface area contributed by atoms with Gasteiger partial charge in [0.1, 0.15) is 12.4 Å². The molecule has 2 aromatic carbocycles. The second kappa shape index (κ2) is 7.13. The van der Waals surface area contributed by atoms with E-state index in [-0.39, 0.29) is 51.4 Å². The zero-order valence-electron chi connectivity index (χ0n) is 11.5. The number of rotatable bonds is 4. The van der Waals surface area contributed by atoms with Crippen molar-refractivity contribution in [3.05, 3.63) is 48.6 Å². The molecule has 0 aliphatic carbocycles. The molecule has 0 N–H and O–H groups in total. The van der Waals surface area contributed by atoms with E-state index in [1.165, 1.54) is 6.07 Å². The maximum absolute atomic E-state index is 12.6.